The Kier molecular flexibility index (Phi) is 3.85. The SMILES string of the molecule is Cc1ncc(C#N)c(Nc2ccc3[nH]ccc3c2C)c1-c1cc2ccccc2o1. The van der Waals surface area contributed by atoms with E-state index in [-0.39, 0.29) is 0 Å². The quantitative estimate of drug-likeness (QED) is 0.391. The van der Waals surface area contributed by atoms with Gasteiger partial charge in [0.2, 0.25) is 0 Å². The van der Waals surface area contributed by atoms with Gasteiger partial charge in [-0.15, -0.1) is 0 Å². The fourth-order valence-electron chi connectivity index (χ4n) is 3.78. The van der Waals surface area contributed by atoms with Crippen LogP contribution in [0.4, 0.5) is 11.4 Å². The third-order valence-electron chi connectivity index (χ3n) is 5.32. The number of rotatable bonds is 3. The second-order valence-corrected chi connectivity index (χ2v) is 7.07. The van der Waals surface area contributed by atoms with Crippen molar-refractivity contribution in [3.05, 3.63) is 77.7 Å². The summed E-state index contributed by atoms with van der Waals surface area (Å²) in [6.07, 6.45) is 3.53. The largest absolute Gasteiger partial charge is 0.456 e. The van der Waals surface area contributed by atoms with Crippen LogP contribution in [0.2, 0.25) is 0 Å². The van der Waals surface area contributed by atoms with Crippen molar-refractivity contribution < 1.29 is 4.42 Å². The fourth-order valence-corrected chi connectivity index (χ4v) is 3.78. The number of pyridine rings is 1. The van der Waals surface area contributed by atoms with Crippen molar-refractivity contribution in [3.63, 3.8) is 0 Å². The summed E-state index contributed by atoms with van der Waals surface area (Å²) in [4.78, 5) is 7.67. The van der Waals surface area contributed by atoms with E-state index in [2.05, 4.69) is 34.3 Å². The third-order valence-corrected chi connectivity index (χ3v) is 5.32. The molecule has 0 aliphatic heterocycles. The molecule has 5 rings (SSSR count). The second-order valence-electron chi connectivity index (χ2n) is 7.07. The number of fused-ring (bicyclic) bond motifs is 2. The van der Waals surface area contributed by atoms with Crippen molar-refractivity contribution in [3.8, 4) is 17.4 Å². The number of aromatic amines is 1. The number of aryl methyl sites for hydroxylation is 2. The number of para-hydroxylation sites is 1. The number of hydrogen-bond donors (Lipinski definition) is 2. The molecule has 0 bridgehead atoms. The van der Waals surface area contributed by atoms with Crippen LogP contribution >= 0.6 is 0 Å². The predicted octanol–water partition coefficient (Wildman–Crippen LogP) is 6.21. The molecule has 5 aromatic rings. The Labute approximate surface area is 167 Å². The highest BCUT2D eigenvalue weighted by atomic mass is 16.3. The molecule has 0 spiro atoms. The summed E-state index contributed by atoms with van der Waals surface area (Å²) < 4.78 is 6.11. The summed E-state index contributed by atoms with van der Waals surface area (Å²) in [5, 5.41) is 15.4. The Balaban J connectivity index is 1.72. The van der Waals surface area contributed by atoms with Gasteiger partial charge in [0, 0.05) is 34.4 Å². The average molecular weight is 378 g/mol. The first-order valence-corrected chi connectivity index (χ1v) is 9.38. The molecule has 0 fully saturated rings. The zero-order chi connectivity index (χ0) is 20.0. The van der Waals surface area contributed by atoms with Crippen LogP contribution in [-0.2, 0) is 0 Å². The first kappa shape index (κ1) is 17.1. The Morgan fingerprint density at radius 2 is 1.97 bits per heavy atom. The molecule has 29 heavy (non-hydrogen) atoms. The topological polar surface area (TPSA) is 77.6 Å². The lowest BCUT2D eigenvalue weighted by Crippen LogP contribution is -2.02. The minimum atomic E-state index is 0.472. The number of benzene rings is 2. The zero-order valence-corrected chi connectivity index (χ0v) is 16.1. The molecule has 2 N–H and O–H groups in total. The molecule has 3 heterocycles. The Bertz CT molecular complexity index is 1390. The molecule has 0 saturated heterocycles. The number of nitrogens with one attached hydrogen (secondary N) is 2. The molecular weight excluding hydrogens is 360 g/mol. The van der Waals surface area contributed by atoms with Crippen molar-refractivity contribution in [2.24, 2.45) is 0 Å². The summed E-state index contributed by atoms with van der Waals surface area (Å²) in [7, 11) is 0. The normalized spacial score (nSPS) is 11.1. The monoisotopic (exact) mass is 378 g/mol. The van der Waals surface area contributed by atoms with Gasteiger partial charge in [0.15, 0.2) is 0 Å². The van der Waals surface area contributed by atoms with Crippen LogP contribution < -0.4 is 5.32 Å². The number of nitrogens with zero attached hydrogens (tertiary/aromatic N) is 2. The van der Waals surface area contributed by atoms with Gasteiger partial charge < -0.3 is 14.7 Å². The summed E-state index contributed by atoms with van der Waals surface area (Å²) in [6, 6.07) is 18.2. The van der Waals surface area contributed by atoms with Gasteiger partial charge in [-0.25, -0.2) is 0 Å². The Morgan fingerprint density at radius 1 is 1.10 bits per heavy atom. The van der Waals surface area contributed by atoms with Crippen LogP contribution in [0.5, 0.6) is 0 Å². The summed E-state index contributed by atoms with van der Waals surface area (Å²) in [6.45, 7) is 4.00. The minimum absolute atomic E-state index is 0.472. The molecule has 5 heteroatoms. The van der Waals surface area contributed by atoms with E-state index < -0.39 is 0 Å². The highest BCUT2D eigenvalue weighted by Crippen LogP contribution is 2.39. The molecule has 3 aromatic heterocycles. The van der Waals surface area contributed by atoms with E-state index in [0.717, 1.165) is 44.4 Å². The molecule has 0 saturated carbocycles. The van der Waals surface area contributed by atoms with Crippen LogP contribution in [0.25, 0.3) is 33.2 Å². The fraction of sp³-hybridized carbons (Fsp3) is 0.0833. The first-order valence-electron chi connectivity index (χ1n) is 9.38. The van der Waals surface area contributed by atoms with Gasteiger partial charge >= 0.3 is 0 Å². The molecule has 0 atom stereocenters. The van der Waals surface area contributed by atoms with Gasteiger partial charge in [-0.1, -0.05) is 18.2 Å². The van der Waals surface area contributed by atoms with E-state index >= 15 is 0 Å². The Morgan fingerprint density at radius 3 is 2.79 bits per heavy atom. The molecule has 2 aromatic carbocycles. The maximum Gasteiger partial charge on any atom is 0.139 e. The van der Waals surface area contributed by atoms with E-state index in [0.29, 0.717) is 17.0 Å². The predicted molar refractivity (Wildman–Crippen MR) is 115 cm³/mol. The average Bonchev–Trinajstić information content (AvgIpc) is 3.37. The molecule has 0 aliphatic rings. The van der Waals surface area contributed by atoms with Crippen molar-refractivity contribution in [1.82, 2.24) is 9.97 Å². The molecule has 0 amide bonds. The number of anilines is 2. The summed E-state index contributed by atoms with van der Waals surface area (Å²) in [5.74, 6) is 0.691. The van der Waals surface area contributed by atoms with E-state index in [4.69, 9.17) is 4.42 Å². The van der Waals surface area contributed by atoms with E-state index in [9.17, 15) is 5.26 Å². The molecule has 0 aliphatic carbocycles. The first-order chi connectivity index (χ1) is 14.2. The molecule has 0 unspecified atom stereocenters. The summed E-state index contributed by atoms with van der Waals surface area (Å²) >= 11 is 0. The van der Waals surface area contributed by atoms with Crippen LogP contribution in [0.15, 0.2) is 65.3 Å². The molecule has 140 valence electrons. The van der Waals surface area contributed by atoms with Crippen molar-refractivity contribution >= 4 is 33.2 Å². The van der Waals surface area contributed by atoms with Gasteiger partial charge in [0.1, 0.15) is 17.4 Å². The number of H-pyrrole nitrogens is 1. The minimum Gasteiger partial charge on any atom is -0.456 e. The summed E-state index contributed by atoms with van der Waals surface area (Å²) in [5.41, 5.74) is 6.71. The van der Waals surface area contributed by atoms with Gasteiger partial charge in [0.25, 0.3) is 0 Å². The zero-order valence-electron chi connectivity index (χ0n) is 16.1. The van der Waals surface area contributed by atoms with E-state index in [1.54, 1.807) is 6.20 Å². The lowest BCUT2D eigenvalue weighted by molar-refractivity contribution is 0.631. The van der Waals surface area contributed by atoms with Crippen LogP contribution in [0, 0.1) is 25.2 Å². The molecule has 0 radical (unpaired) electrons. The molecular formula is C24H18N4O. The lowest BCUT2D eigenvalue weighted by Gasteiger charge is -2.16. The van der Waals surface area contributed by atoms with Gasteiger partial charge in [-0.05, 0) is 49.7 Å². The number of nitriles is 1. The second kappa shape index (κ2) is 6.54. The van der Waals surface area contributed by atoms with Gasteiger partial charge in [-0.3, -0.25) is 4.98 Å². The van der Waals surface area contributed by atoms with Gasteiger partial charge in [0.05, 0.1) is 22.5 Å². The van der Waals surface area contributed by atoms with Crippen molar-refractivity contribution in [2.45, 2.75) is 13.8 Å². The number of aromatic nitrogens is 2. The standard InChI is InChI=1S/C24H18N4O/c1-14-18-9-10-26-20(18)8-7-19(14)28-24-17(12-25)13-27-15(2)23(24)22-11-16-5-3-4-6-21(16)29-22/h3-11,13,26H,1-2H3,(H,27,28). The molecule has 5 nitrogen and oxygen atoms in total. The smallest absolute Gasteiger partial charge is 0.139 e. The van der Waals surface area contributed by atoms with Crippen molar-refractivity contribution in [1.29, 1.82) is 5.26 Å². The van der Waals surface area contributed by atoms with Crippen LogP contribution in [-0.4, -0.2) is 9.97 Å². The van der Waals surface area contributed by atoms with Crippen LogP contribution in [0.1, 0.15) is 16.8 Å². The van der Waals surface area contributed by atoms with E-state index in [1.807, 2.05) is 55.6 Å². The van der Waals surface area contributed by atoms with Crippen LogP contribution in [0.3, 0.4) is 0 Å². The highest BCUT2D eigenvalue weighted by molar-refractivity contribution is 5.93. The number of hydrogen-bond acceptors (Lipinski definition) is 4. The maximum atomic E-state index is 9.74. The van der Waals surface area contributed by atoms with Crippen molar-refractivity contribution in [2.75, 3.05) is 5.32 Å². The highest BCUT2D eigenvalue weighted by Gasteiger charge is 2.19. The maximum absolute atomic E-state index is 9.74. The van der Waals surface area contributed by atoms with E-state index in [1.165, 1.54) is 0 Å². The van der Waals surface area contributed by atoms with Gasteiger partial charge in [-0.2, -0.15) is 5.26 Å². The Hall–Kier alpha value is -4.04. The third kappa shape index (κ3) is 2.74. The number of furan rings is 1. The lowest BCUT2D eigenvalue weighted by atomic mass is 10.0.